The lowest BCUT2D eigenvalue weighted by atomic mass is 9.31. The molecule has 0 spiro atoms. The summed E-state index contributed by atoms with van der Waals surface area (Å²) in [6, 6.07) is 47.9. The van der Waals surface area contributed by atoms with Crippen LogP contribution in [0.3, 0.4) is 0 Å². The maximum Gasteiger partial charge on any atom is 0.260 e. The summed E-state index contributed by atoms with van der Waals surface area (Å²) in [5.41, 5.74) is 18.4. The summed E-state index contributed by atoms with van der Waals surface area (Å²) >= 11 is 0. The molecule has 0 saturated heterocycles. The maximum atomic E-state index is 7.47. The van der Waals surface area contributed by atoms with Gasteiger partial charge < -0.3 is 18.9 Å². The monoisotopic (exact) mass is 778 g/mol. The summed E-state index contributed by atoms with van der Waals surface area (Å²) in [4.78, 5) is 2.51. The van der Waals surface area contributed by atoms with E-state index in [1.807, 2.05) is 0 Å². The van der Waals surface area contributed by atoms with Crippen molar-refractivity contribution in [2.75, 3.05) is 4.90 Å². The van der Waals surface area contributed by atoms with Gasteiger partial charge >= 0.3 is 0 Å². The van der Waals surface area contributed by atoms with E-state index in [-0.39, 0.29) is 29.7 Å². The molecule has 5 heterocycles. The highest BCUT2D eigenvalue weighted by molar-refractivity contribution is 7.02. The van der Waals surface area contributed by atoms with Crippen molar-refractivity contribution in [2.24, 2.45) is 0 Å². The normalized spacial score (nSPS) is 14.6. The average Bonchev–Trinajstić information content (AvgIpc) is 3.56. The van der Waals surface area contributed by atoms with Crippen LogP contribution in [-0.4, -0.2) is 18.0 Å². The third-order valence-corrected chi connectivity index (χ3v) is 13.7. The Morgan fingerprint density at radius 1 is 0.450 bits per heavy atom. The van der Waals surface area contributed by atoms with Gasteiger partial charge in [-0.25, -0.2) is 0 Å². The molecule has 0 N–H and O–H groups in total. The molecular weight excluding hydrogens is 730 g/mol. The van der Waals surface area contributed by atoms with Gasteiger partial charge in [0.1, 0.15) is 23.0 Å². The van der Waals surface area contributed by atoms with Crippen molar-refractivity contribution in [3.8, 4) is 28.7 Å². The Labute approximate surface area is 353 Å². The Bertz CT molecular complexity index is 3180. The first-order valence-electron chi connectivity index (χ1n) is 21.6. The van der Waals surface area contributed by atoms with Crippen molar-refractivity contribution < 1.29 is 9.47 Å². The van der Waals surface area contributed by atoms with Gasteiger partial charge in [-0.15, -0.1) is 0 Å². The van der Waals surface area contributed by atoms with Gasteiger partial charge in [-0.2, -0.15) is 0 Å². The van der Waals surface area contributed by atoms with E-state index in [2.05, 4.69) is 199 Å². The minimum atomic E-state index is -0.100. The van der Waals surface area contributed by atoms with Crippen LogP contribution in [0.15, 0.2) is 127 Å². The van der Waals surface area contributed by atoms with Gasteiger partial charge in [0.05, 0.1) is 11.0 Å². The minimum absolute atomic E-state index is 0.00824. The summed E-state index contributed by atoms with van der Waals surface area (Å²) in [5.74, 6) is 3.65. The summed E-state index contributed by atoms with van der Waals surface area (Å²) < 4.78 is 16.9. The van der Waals surface area contributed by atoms with Gasteiger partial charge in [0, 0.05) is 39.0 Å². The van der Waals surface area contributed by atoms with Crippen molar-refractivity contribution in [1.82, 2.24) is 4.57 Å². The van der Waals surface area contributed by atoms with Crippen LogP contribution < -0.4 is 47.2 Å². The number of para-hydroxylation sites is 3. The maximum absolute atomic E-state index is 7.47. The van der Waals surface area contributed by atoms with Crippen molar-refractivity contribution in [2.45, 2.75) is 78.6 Å². The zero-order chi connectivity index (χ0) is 41.2. The molecule has 0 saturated carbocycles. The third-order valence-electron chi connectivity index (χ3n) is 13.7. The molecule has 8 aromatic rings. The molecule has 7 aromatic carbocycles. The van der Waals surface area contributed by atoms with Crippen LogP contribution in [0.2, 0.25) is 0 Å². The molecular formula is C54H48B2N2O2. The van der Waals surface area contributed by atoms with Gasteiger partial charge in [-0.05, 0) is 121 Å². The molecule has 292 valence electrons. The van der Waals surface area contributed by atoms with E-state index in [1.165, 1.54) is 82.9 Å². The highest BCUT2D eigenvalue weighted by atomic mass is 16.5. The van der Waals surface area contributed by atoms with Crippen LogP contribution in [0.4, 0.5) is 17.1 Å². The topological polar surface area (TPSA) is 26.6 Å². The highest BCUT2D eigenvalue weighted by Crippen LogP contribution is 2.48. The smallest absolute Gasteiger partial charge is 0.260 e. The van der Waals surface area contributed by atoms with Crippen molar-refractivity contribution in [3.05, 3.63) is 144 Å². The molecule has 0 atom stereocenters. The number of hydrogen-bond acceptors (Lipinski definition) is 3. The van der Waals surface area contributed by atoms with Gasteiger partial charge in [-0.1, -0.05) is 129 Å². The number of aromatic nitrogens is 1. The molecule has 4 aliphatic rings. The Kier molecular flexibility index (Phi) is 7.03. The fraction of sp³-hybridized carbons (Fsp3) is 0.222. The van der Waals surface area contributed by atoms with E-state index >= 15 is 0 Å². The van der Waals surface area contributed by atoms with Crippen LogP contribution in [0.25, 0.3) is 27.5 Å². The molecule has 12 rings (SSSR count). The van der Waals surface area contributed by atoms with E-state index in [1.54, 1.807) is 0 Å². The molecule has 0 amide bonds. The summed E-state index contributed by atoms with van der Waals surface area (Å²) in [7, 11) is 0. The van der Waals surface area contributed by atoms with E-state index < -0.39 is 0 Å². The van der Waals surface area contributed by atoms with Gasteiger partial charge in [0.2, 0.25) is 0 Å². The second-order valence-electron chi connectivity index (χ2n) is 20.6. The predicted octanol–water partition coefficient (Wildman–Crippen LogP) is 10.0. The van der Waals surface area contributed by atoms with Crippen LogP contribution in [0.1, 0.15) is 79.0 Å². The van der Waals surface area contributed by atoms with E-state index in [4.69, 9.17) is 9.47 Å². The molecule has 4 aliphatic heterocycles. The van der Waals surface area contributed by atoms with Crippen molar-refractivity contribution >= 4 is 85.1 Å². The summed E-state index contributed by atoms with van der Waals surface area (Å²) in [6.45, 7) is 20.7. The van der Waals surface area contributed by atoms with Crippen LogP contribution in [0, 0.1) is 0 Å². The standard InChI is InChI=1S/C54H48B2N2O2/c1-52(2,3)31-23-24-40-35(25-31)47-50-38(30-39-51(47)60-46-29-33(54(7,8)9)28-45-49(46)56(39)37-20-14-16-22-44(37)59-45)55-36-19-13-15-21-41(36)57(34-17-11-10-12-18-34)42-26-32(53(4,5)6)27-43(48(42)55)58(40)50/h10-30H,1-9H3. The lowest BCUT2D eigenvalue weighted by molar-refractivity contribution is 0.461. The third kappa shape index (κ3) is 4.82. The first-order valence-corrected chi connectivity index (χ1v) is 21.6. The quantitative estimate of drug-likeness (QED) is 0.155. The minimum Gasteiger partial charge on any atom is -0.458 e. The highest BCUT2D eigenvalue weighted by Gasteiger charge is 2.47. The molecule has 1 aromatic heterocycles. The second kappa shape index (κ2) is 11.8. The second-order valence-corrected chi connectivity index (χ2v) is 20.6. The van der Waals surface area contributed by atoms with Gasteiger partial charge in [-0.3, -0.25) is 0 Å². The molecule has 6 heteroatoms. The first-order chi connectivity index (χ1) is 28.7. The summed E-state index contributed by atoms with van der Waals surface area (Å²) in [6.07, 6.45) is 0. The Morgan fingerprint density at radius 3 is 1.80 bits per heavy atom. The van der Waals surface area contributed by atoms with E-state index in [9.17, 15) is 0 Å². The number of benzene rings is 7. The van der Waals surface area contributed by atoms with Gasteiger partial charge in [0.25, 0.3) is 13.4 Å². The van der Waals surface area contributed by atoms with Crippen molar-refractivity contribution in [1.29, 1.82) is 0 Å². The molecule has 0 unspecified atom stereocenters. The fourth-order valence-corrected chi connectivity index (χ4v) is 10.6. The lowest BCUT2D eigenvalue weighted by Crippen LogP contribution is -2.63. The van der Waals surface area contributed by atoms with Crippen molar-refractivity contribution in [3.63, 3.8) is 0 Å². The molecule has 0 aliphatic carbocycles. The average molecular weight is 779 g/mol. The number of ether oxygens (including phenoxy) is 2. The SMILES string of the molecule is CC(C)(C)c1cc2c3c(c1)Oc1c(cc4c5c1c1cc(C(C)(C)C)ccc1n5-c1cc(C(C)(C)C)cc5c1B4c1ccccc1N5c1ccccc1)B3c1ccccc1O2. The number of rotatable bonds is 1. The molecule has 0 fully saturated rings. The van der Waals surface area contributed by atoms with E-state index in [0.29, 0.717) is 0 Å². The van der Waals surface area contributed by atoms with E-state index in [0.717, 1.165) is 34.1 Å². The molecule has 0 radical (unpaired) electrons. The Morgan fingerprint density at radius 2 is 1.07 bits per heavy atom. The first kappa shape index (κ1) is 35.8. The Balaban J connectivity index is 1.27. The van der Waals surface area contributed by atoms with Gasteiger partial charge in [0.15, 0.2) is 0 Å². The number of fused-ring (bicyclic) bond motifs is 12. The number of nitrogens with zero attached hydrogens (tertiary/aromatic N) is 2. The number of anilines is 3. The Hall–Kier alpha value is -6.13. The fourth-order valence-electron chi connectivity index (χ4n) is 10.6. The lowest BCUT2D eigenvalue weighted by Gasteiger charge is -2.42. The largest absolute Gasteiger partial charge is 0.458 e. The van der Waals surface area contributed by atoms with Crippen LogP contribution in [-0.2, 0) is 16.2 Å². The molecule has 0 bridgehead atoms. The summed E-state index contributed by atoms with van der Waals surface area (Å²) in [5, 5.41) is 2.42. The molecule has 60 heavy (non-hydrogen) atoms. The predicted molar refractivity (Wildman–Crippen MR) is 254 cm³/mol. The van der Waals surface area contributed by atoms with Crippen LogP contribution in [0.5, 0.6) is 23.0 Å². The van der Waals surface area contributed by atoms with Crippen LogP contribution >= 0.6 is 0 Å². The zero-order valence-electron chi connectivity index (χ0n) is 36.0. The molecule has 4 nitrogen and oxygen atoms in total. The number of hydrogen-bond donors (Lipinski definition) is 0. The zero-order valence-corrected chi connectivity index (χ0v) is 36.0.